The molecule has 41 heavy (non-hydrogen) atoms. The third kappa shape index (κ3) is 7.42. The maximum absolute atomic E-state index is 14.0. The molecule has 5 rings (SSSR count). The Labute approximate surface area is 239 Å². The van der Waals surface area contributed by atoms with Crippen molar-refractivity contribution in [3.63, 3.8) is 0 Å². The number of piperazine rings is 1. The molecule has 2 aliphatic rings. The van der Waals surface area contributed by atoms with Crippen LogP contribution >= 0.6 is 0 Å². The molecule has 5 nitrogen and oxygen atoms in total. The van der Waals surface area contributed by atoms with E-state index in [4.69, 9.17) is 0 Å². The van der Waals surface area contributed by atoms with Crippen LogP contribution in [0, 0.1) is 18.8 Å². The molecule has 0 saturated carbocycles. The molecule has 1 N–H and O–H groups in total. The van der Waals surface area contributed by atoms with Gasteiger partial charge in [0, 0.05) is 68.1 Å². The number of alkyl halides is 3. The minimum atomic E-state index is -4.49. The van der Waals surface area contributed by atoms with E-state index < -0.39 is 11.7 Å². The number of rotatable bonds is 6. The van der Waals surface area contributed by atoms with Gasteiger partial charge in [0.1, 0.15) is 0 Å². The lowest BCUT2D eigenvalue weighted by Crippen LogP contribution is -2.44. The van der Waals surface area contributed by atoms with Crippen LogP contribution in [0.2, 0.25) is 0 Å². The van der Waals surface area contributed by atoms with Crippen molar-refractivity contribution in [1.82, 2.24) is 20.1 Å². The molecule has 1 aromatic heterocycles. The molecule has 1 unspecified atom stereocenters. The predicted molar refractivity (Wildman–Crippen MR) is 154 cm³/mol. The number of pyridine rings is 1. The number of aryl methyl sites for hydroxylation is 1. The second-order valence-corrected chi connectivity index (χ2v) is 11.1. The van der Waals surface area contributed by atoms with Gasteiger partial charge in [-0.05, 0) is 74.3 Å². The molecule has 3 aromatic rings. The summed E-state index contributed by atoms with van der Waals surface area (Å²) in [6.07, 6.45) is -0.620. The minimum Gasteiger partial charge on any atom is -0.309 e. The van der Waals surface area contributed by atoms with E-state index in [9.17, 15) is 18.0 Å². The Balaban J connectivity index is 1.29. The van der Waals surface area contributed by atoms with Crippen LogP contribution in [0.25, 0.3) is 0 Å². The molecule has 214 valence electrons. The van der Waals surface area contributed by atoms with Crippen LogP contribution in [0.3, 0.4) is 0 Å². The Morgan fingerprint density at radius 2 is 1.85 bits per heavy atom. The number of nitrogens with zero attached hydrogens (tertiary/aromatic N) is 3. The minimum absolute atomic E-state index is 0.117. The van der Waals surface area contributed by atoms with Crippen LogP contribution in [0.1, 0.15) is 68.3 Å². The SMILES string of the molecule is Cc1ccc(C(=O)Cc2ccc(CN3CCN(C)CC3)c(C(F)(F)F)c2)cc1C#Cc1ccc(C2CCCN2)nc1. The van der Waals surface area contributed by atoms with Crippen molar-refractivity contribution >= 4 is 5.78 Å². The van der Waals surface area contributed by atoms with Gasteiger partial charge in [-0.15, -0.1) is 0 Å². The Bertz CT molecular complexity index is 1440. The molecular weight excluding hydrogens is 525 g/mol. The average molecular weight is 561 g/mol. The Morgan fingerprint density at radius 1 is 1.05 bits per heavy atom. The number of nitrogens with one attached hydrogen (secondary N) is 1. The first-order valence-electron chi connectivity index (χ1n) is 14.1. The van der Waals surface area contributed by atoms with Crippen molar-refractivity contribution in [2.75, 3.05) is 39.8 Å². The van der Waals surface area contributed by atoms with Crippen molar-refractivity contribution < 1.29 is 18.0 Å². The Morgan fingerprint density at radius 3 is 2.54 bits per heavy atom. The number of hydrogen-bond donors (Lipinski definition) is 1. The molecular formula is C33H35F3N4O. The van der Waals surface area contributed by atoms with Crippen molar-refractivity contribution in [2.24, 2.45) is 0 Å². The zero-order valence-corrected chi connectivity index (χ0v) is 23.5. The average Bonchev–Trinajstić information content (AvgIpc) is 3.49. The summed E-state index contributed by atoms with van der Waals surface area (Å²) >= 11 is 0. The molecule has 0 bridgehead atoms. The number of ketones is 1. The first kappa shape index (κ1) is 29.0. The summed E-state index contributed by atoms with van der Waals surface area (Å²) in [5.41, 5.74) is 3.76. The second-order valence-electron chi connectivity index (χ2n) is 11.1. The van der Waals surface area contributed by atoms with Gasteiger partial charge in [-0.2, -0.15) is 13.2 Å². The van der Waals surface area contributed by atoms with Crippen LogP contribution < -0.4 is 5.32 Å². The van der Waals surface area contributed by atoms with Gasteiger partial charge < -0.3 is 10.2 Å². The summed E-state index contributed by atoms with van der Waals surface area (Å²) in [4.78, 5) is 21.9. The number of Topliss-reactive ketones (excluding diaryl/α,β-unsaturated/α-hetero) is 1. The van der Waals surface area contributed by atoms with Gasteiger partial charge >= 0.3 is 6.18 Å². The van der Waals surface area contributed by atoms with Gasteiger partial charge in [-0.1, -0.05) is 36.1 Å². The van der Waals surface area contributed by atoms with Crippen molar-refractivity contribution in [3.8, 4) is 11.8 Å². The summed E-state index contributed by atoms with van der Waals surface area (Å²) in [6, 6.07) is 13.8. The number of hydrogen-bond acceptors (Lipinski definition) is 5. The molecule has 2 aromatic carbocycles. The molecule has 0 aliphatic carbocycles. The lowest BCUT2D eigenvalue weighted by atomic mass is 9.96. The standard InChI is InChI=1S/C33H35F3N4O/c1-23-5-9-27(20-26(23)10-6-24-8-12-31(38-21-24)30-4-3-13-37-30)32(41)19-25-7-11-28(29(18-25)33(34,35)36)22-40-16-14-39(2)15-17-40/h5,7-9,11-12,18,20-21,30,37H,3-4,13-17,19,22H2,1-2H3. The van der Waals surface area contributed by atoms with E-state index in [1.807, 2.05) is 37.1 Å². The van der Waals surface area contributed by atoms with Crippen molar-refractivity contribution in [2.45, 2.75) is 44.9 Å². The van der Waals surface area contributed by atoms with E-state index in [0.29, 0.717) is 22.7 Å². The zero-order chi connectivity index (χ0) is 29.0. The molecule has 3 heterocycles. The number of aromatic nitrogens is 1. The molecule has 0 amide bonds. The normalized spacial score (nSPS) is 18.2. The summed E-state index contributed by atoms with van der Waals surface area (Å²) < 4.78 is 42.0. The second kappa shape index (κ2) is 12.6. The van der Waals surface area contributed by atoms with Crippen LogP contribution in [-0.2, 0) is 19.1 Å². The maximum Gasteiger partial charge on any atom is 0.416 e. The van der Waals surface area contributed by atoms with Gasteiger partial charge in [-0.3, -0.25) is 14.7 Å². The maximum atomic E-state index is 14.0. The molecule has 2 saturated heterocycles. The summed E-state index contributed by atoms with van der Waals surface area (Å²) in [7, 11) is 2.01. The van der Waals surface area contributed by atoms with E-state index in [1.54, 1.807) is 24.4 Å². The number of benzene rings is 2. The summed E-state index contributed by atoms with van der Waals surface area (Å²) in [6.45, 7) is 6.29. The van der Waals surface area contributed by atoms with Gasteiger partial charge in [0.2, 0.25) is 0 Å². The number of halogens is 3. The quantitative estimate of drug-likeness (QED) is 0.323. The van der Waals surface area contributed by atoms with Crippen LogP contribution in [0.5, 0.6) is 0 Å². The number of likely N-dealkylation sites (N-methyl/N-ethyl adjacent to an activating group) is 1. The van der Waals surface area contributed by atoms with Gasteiger partial charge in [0.15, 0.2) is 5.78 Å². The monoisotopic (exact) mass is 560 g/mol. The Kier molecular flexibility index (Phi) is 8.88. The predicted octanol–water partition coefficient (Wildman–Crippen LogP) is 5.41. The van der Waals surface area contributed by atoms with Crippen molar-refractivity contribution in [3.05, 3.63) is 99.4 Å². The highest BCUT2D eigenvalue weighted by molar-refractivity contribution is 5.98. The molecule has 0 radical (unpaired) electrons. The molecule has 2 fully saturated rings. The fourth-order valence-corrected chi connectivity index (χ4v) is 5.36. The third-order valence-electron chi connectivity index (χ3n) is 7.94. The van der Waals surface area contributed by atoms with Gasteiger partial charge in [0.05, 0.1) is 11.3 Å². The third-order valence-corrected chi connectivity index (χ3v) is 7.94. The van der Waals surface area contributed by atoms with Gasteiger partial charge in [-0.25, -0.2) is 0 Å². The highest BCUT2D eigenvalue weighted by atomic mass is 19.4. The lowest BCUT2D eigenvalue weighted by molar-refractivity contribution is -0.138. The summed E-state index contributed by atoms with van der Waals surface area (Å²) in [5.74, 6) is 6.02. The van der Waals surface area contributed by atoms with Crippen LogP contribution in [0.4, 0.5) is 13.2 Å². The topological polar surface area (TPSA) is 48.5 Å². The largest absolute Gasteiger partial charge is 0.416 e. The molecule has 1 atom stereocenters. The molecule has 8 heteroatoms. The van der Waals surface area contributed by atoms with E-state index in [0.717, 1.165) is 68.5 Å². The fourth-order valence-electron chi connectivity index (χ4n) is 5.36. The van der Waals surface area contributed by atoms with E-state index in [2.05, 4.69) is 27.0 Å². The summed E-state index contributed by atoms with van der Waals surface area (Å²) in [5, 5.41) is 3.43. The zero-order valence-electron chi connectivity index (χ0n) is 23.5. The fraction of sp³-hybridized carbons (Fsp3) is 0.394. The van der Waals surface area contributed by atoms with Crippen molar-refractivity contribution in [1.29, 1.82) is 0 Å². The van der Waals surface area contributed by atoms with E-state index in [-0.39, 0.29) is 24.3 Å². The number of carbonyl (C=O) groups excluding carboxylic acids is 1. The van der Waals surface area contributed by atoms with E-state index >= 15 is 0 Å². The molecule has 0 spiro atoms. The first-order chi connectivity index (χ1) is 19.7. The highest BCUT2D eigenvalue weighted by Crippen LogP contribution is 2.34. The Hall–Kier alpha value is -3.51. The van der Waals surface area contributed by atoms with Crippen LogP contribution in [0.15, 0.2) is 54.7 Å². The highest BCUT2D eigenvalue weighted by Gasteiger charge is 2.34. The number of carbonyl (C=O) groups is 1. The smallest absolute Gasteiger partial charge is 0.309 e. The van der Waals surface area contributed by atoms with E-state index in [1.165, 1.54) is 6.07 Å². The lowest BCUT2D eigenvalue weighted by Gasteiger charge is -2.33. The van der Waals surface area contributed by atoms with Gasteiger partial charge in [0.25, 0.3) is 0 Å². The first-order valence-corrected chi connectivity index (χ1v) is 14.1. The van der Waals surface area contributed by atoms with Crippen LogP contribution in [-0.4, -0.2) is 60.3 Å². The molecule has 2 aliphatic heterocycles.